The number of carbonyl (C=O) groups excluding carboxylic acids is 1. The van der Waals surface area contributed by atoms with Crippen molar-refractivity contribution in [3.05, 3.63) is 104 Å². The van der Waals surface area contributed by atoms with E-state index >= 15 is 0 Å². The molecule has 36 heavy (non-hydrogen) atoms. The zero-order valence-corrected chi connectivity index (χ0v) is 20.8. The Hall–Kier alpha value is -3.30. The summed E-state index contributed by atoms with van der Waals surface area (Å²) in [7, 11) is 0. The molecule has 0 aromatic heterocycles. The number of rotatable bonds is 5. The third-order valence-electron chi connectivity index (χ3n) is 7.73. The van der Waals surface area contributed by atoms with Gasteiger partial charge in [0.25, 0.3) is 11.9 Å². The topological polar surface area (TPSA) is 84.7 Å². The zero-order valence-electron chi connectivity index (χ0n) is 19.2. The number of amides is 1. The molecule has 2 fully saturated rings. The van der Waals surface area contributed by atoms with E-state index in [2.05, 4.69) is 26.1 Å². The second-order valence-electron chi connectivity index (χ2n) is 9.52. The van der Waals surface area contributed by atoms with Crippen LogP contribution in [-0.4, -0.2) is 34.4 Å². The number of ether oxygens (including phenoxy) is 1. The van der Waals surface area contributed by atoms with Crippen molar-refractivity contribution in [1.82, 2.24) is 4.90 Å². The number of nitrogens with one attached hydrogen (secondary N) is 1. The standard InChI is InChI=1S/C27H23BrFN3O4/c28-17-9-12-23(36-15-16-7-10-18(29)11-8-16)19(14-17)24-22-6-3-13-31(22)27(25(24)32(34)35)20-4-1-2-5-21(20)30-26(27)33/h1-2,4-5,7-12,14,22,24-25H,3,6,13,15H2,(H,30,33)/t22-,24-,25-,27+/m1/s1. The first-order chi connectivity index (χ1) is 17.4. The molecule has 7 nitrogen and oxygen atoms in total. The summed E-state index contributed by atoms with van der Waals surface area (Å²) in [5, 5.41) is 15.8. The third-order valence-corrected chi connectivity index (χ3v) is 8.23. The smallest absolute Gasteiger partial charge is 0.256 e. The minimum absolute atomic E-state index is 0.188. The van der Waals surface area contributed by atoms with Gasteiger partial charge in [-0.2, -0.15) is 0 Å². The van der Waals surface area contributed by atoms with Gasteiger partial charge >= 0.3 is 0 Å². The van der Waals surface area contributed by atoms with Crippen LogP contribution in [0.3, 0.4) is 0 Å². The molecule has 4 atom stereocenters. The predicted octanol–water partition coefficient (Wildman–Crippen LogP) is 5.22. The van der Waals surface area contributed by atoms with Gasteiger partial charge in [-0.3, -0.25) is 19.8 Å². The fourth-order valence-corrected chi connectivity index (χ4v) is 6.78. The summed E-state index contributed by atoms with van der Waals surface area (Å²) >= 11 is 3.53. The number of carbonyl (C=O) groups is 1. The molecule has 1 spiro atoms. The van der Waals surface area contributed by atoms with Crippen molar-refractivity contribution in [3.63, 3.8) is 0 Å². The normalized spacial score (nSPS) is 26.6. The first kappa shape index (κ1) is 23.1. The van der Waals surface area contributed by atoms with Gasteiger partial charge in [-0.25, -0.2) is 4.39 Å². The second-order valence-corrected chi connectivity index (χ2v) is 10.4. The highest BCUT2D eigenvalue weighted by atomic mass is 79.9. The van der Waals surface area contributed by atoms with Gasteiger partial charge in [0, 0.05) is 38.8 Å². The molecule has 1 amide bonds. The lowest BCUT2D eigenvalue weighted by Gasteiger charge is -2.32. The number of anilines is 1. The van der Waals surface area contributed by atoms with Gasteiger partial charge in [0.2, 0.25) is 0 Å². The summed E-state index contributed by atoms with van der Waals surface area (Å²) in [6.07, 6.45) is 1.60. The fourth-order valence-electron chi connectivity index (χ4n) is 6.40. The number of nitro groups is 1. The first-order valence-corrected chi connectivity index (χ1v) is 12.7. The first-order valence-electron chi connectivity index (χ1n) is 11.9. The molecule has 3 aromatic rings. The molecule has 0 radical (unpaired) electrons. The highest BCUT2D eigenvalue weighted by molar-refractivity contribution is 9.10. The van der Waals surface area contributed by atoms with Crippen molar-refractivity contribution < 1.29 is 18.8 Å². The molecule has 0 aliphatic carbocycles. The number of fused-ring (bicyclic) bond motifs is 4. The highest BCUT2D eigenvalue weighted by Gasteiger charge is 2.73. The van der Waals surface area contributed by atoms with Gasteiger partial charge < -0.3 is 10.1 Å². The van der Waals surface area contributed by atoms with Gasteiger partial charge in [-0.1, -0.05) is 46.3 Å². The summed E-state index contributed by atoms with van der Waals surface area (Å²) in [5.41, 5.74) is 1.38. The maximum absolute atomic E-state index is 13.7. The molecule has 1 N–H and O–H groups in total. The van der Waals surface area contributed by atoms with E-state index in [0.29, 0.717) is 29.1 Å². The van der Waals surface area contributed by atoms with Crippen LogP contribution in [-0.2, 0) is 16.9 Å². The number of halogens is 2. The van der Waals surface area contributed by atoms with Gasteiger partial charge in [0.05, 0.1) is 5.92 Å². The van der Waals surface area contributed by atoms with Gasteiger partial charge in [-0.15, -0.1) is 0 Å². The molecule has 184 valence electrons. The van der Waals surface area contributed by atoms with Crippen LogP contribution in [0.4, 0.5) is 10.1 Å². The van der Waals surface area contributed by atoms with E-state index in [9.17, 15) is 19.3 Å². The molecule has 3 heterocycles. The lowest BCUT2D eigenvalue weighted by molar-refractivity contribution is -0.534. The van der Waals surface area contributed by atoms with Crippen molar-refractivity contribution in [1.29, 1.82) is 0 Å². The Morgan fingerprint density at radius 3 is 2.72 bits per heavy atom. The summed E-state index contributed by atoms with van der Waals surface area (Å²) < 4.78 is 20.3. The molecule has 3 aromatic carbocycles. The van der Waals surface area contributed by atoms with Crippen LogP contribution >= 0.6 is 15.9 Å². The maximum Gasteiger partial charge on any atom is 0.256 e. The lowest BCUT2D eigenvalue weighted by Crippen LogP contribution is -2.55. The average Bonchev–Trinajstić information content (AvgIpc) is 3.52. The quantitative estimate of drug-likeness (QED) is 0.347. The Labute approximate surface area is 215 Å². The third kappa shape index (κ3) is 3.37. The zero-order chi connectivity index (χ0) is 25.0. The van der Waals surface area contributed by atoms with Gasteiger partial charge in [0.1, 0.15) is 18.2 Å². The van der Waals surface area contributed by atoms with Crippen molar-refractivity contribution in [2.24, 2.45) is 0 Å². The van der Waals surface area contributed by atoms with E-state index in [-0.39, 0.29) is 29.3 Å². The van der Waals surface area contributed by atoms with Crippen LogP contribution in [0, 0.1) is 15.9 Å². The van der Waals surface area contributed by atoms with E-state index in [4.69, 9.17) is 4.74 Å². The minimum Gasteiger partial charge on any atom is -0.489 e. The van der Waals surface area contributed by atoms with Crippen LogP contribution in [0.2, 0.25) is 0 Å². The Morgan fingerprint density at radius 1 is 1.17 bits per heavy atom. The van der Waals surface area contributed by atoms with Crippen molar-refractivity contribution in [2.45, 2.75) is 43.0 Å². The summed E-state index contributed by atoms with van der Waals surface area (Å²) in [5.74, 6) is -0.719. The molecule has 0 saturated carbocycles. The van der Waals surface area contributed by atoms with Gasteiger partial charge in [0.15, 0.2) is 5.54 Å². The van der Waals surface area contributed by atoms with Crippen LogP contribution in [0.25, 0.3) is 0 Å². The predicted molar refractivity (Wildman–Crippen MR) is 135 cm³/mol. The maximum atomic E-state index is 13.7. The van der Waals surface area contributed by atoms with E-state index in [1.54, 1.807) is 24.3 Å². The highest BCUT2D eigenvalue weighted by Crippen LogP contribution is 2.59. The number of benzene rings is 3. The molecule has 3 aliphatic heterocycles. The van der Waals surface area contributed by atoms with Crippen molar-refractivity contribution in [2.75, 3.05) is 11.9 Å². The molecular formula is C27H23BrFN3O4. The Balaban J connectivity index is 1.47. The molecule has 6 rings (SSSR count). The monoisotopic (exact) mass is 551 g/mol. The summed E-state index contributed by atoms with van der Waals surface area (Å²) in [6, 6.07) is 17.4. The number of nitrogens with zero attached hydrogens (tertiary/aromatic N) is 2. The van der Waals surface area contributed by atoms with Crippen LogP contribution in [0.1, 0.15) is 35.4 Å². The second kappa shape index (κ2) is 8.67. The van der Waals surface area contributed by atoms with Crippen molar-refractivity contribution in [3.8, 4) is 5.75 Å². The van der Waals surface area contributed by atoms with Crippen LogP contribution in [0.15, 0.2) is 71.2 Å². The Morgan fingerprint density at radius 2 is 1.94 bits per heavy atom. The molecule has 3 aliphatic rings. The fraction of sp³-hybridized carbons (Fsp3) is 0.296. The minimum atomic E-state index is -1.39. The lowest BCUT2D eigenvalue weighted by atomic mass is 9.77. The molecular weight excluding hydrogens is 529 g/mol. The van der Waals surface area contributed by atoms with Gasteiger partial charge in [-0.05, 0) is 54.8 Å². The van der Waals surface area contributed by atoms with E-state index in [1.807, 2.05) is 30.3 Å². The van der Waals surface area contributed by atoms with E-state index in [1.165, 1.54) is 12.1 Å². The molecule has 0 bridgehead atoms. The number of para-hydroxylation sites is 1. The number of hydrogen-bond acceptors (Lipinski definition) is 5. The number of hydrogen-bond donors (Lipinski definition) is 1. The van der Waals surface area contributed by atoms with E-state index < -0.39 is 17.5 Å². The SMILES string of the molecule is O=C1Nc2ccccc2[C@]12[C@H]([N+](=O)[O-])[C@H](c1cc(Br)ccc1OCc1ccc(F)cc1)[C@H]1CCCN12. The van der Waals surface area contributed by atoms with Crippen LogP contribution in [0.5, 0.6) is 5.75 Å². The molecule has 9 heteroatoms. The summed E-state index contributed by atoms with van der Waals surface area (Å²) in [4.78, 5) is 28.3. The van der Waals surface area contributed by atoms with Crippen LogP contribution < -0.4 is 10.1 Å². The van der Waals surface area contributed by atoms with E-state index in [0.717, 1.165) is 22.9 Å². The molecule has 2 saturated heterocycles. The Bertz CT molecular complexity index is 1370. The largest absolute Gasteiger partial charge is 0.489 e. The molecule has 0 unspecified atom stereocenters. The Kier molecular flexibility index (Phi) is 5.57. The summed E-state index contributed by atoms with van der Waals surface area (Å²) in [6.45, 7) is 0.792. The average molecular weight is 552 g/mol. The van der Waals surface area contributed by atoms with Crippen molar-refractivity contribution >= 4 is 27.5 Å².